The van der Waals surface area contributed by atoms with Gasteiger partial charge in [0.1, 0.15) is 11.5 Å². The van der Waals surface area contributed by atoms with E-state index in [-0.39, 0.29) is 11.8 Å². The van der Waals surface area contributed by atoms with E-state index >= 15 is 0 Å². The normalized spacial score (nSPS) is 13.8. The van der Waals surface area contributed by atoms with E-state index in [4.69, 9.17) is 0 Å². The van der Waals surface area contributed by atoms with Crippen LogP contribution in [0.1, 0.15) is 47.2 Å². The SMILES string of the molecule is Cc1cccc(NC(=O)c2cccc(/C=C/C(=O)Nc3ccc(-c4cn(CCCN5CCCCC5)nn4)cn3)c2)c1. The molecular formula is C32H35N7O2. The van der Waals surface area contributed by atoms with Crippen molar-refractivity contribution in [2.75, 3.05) is 30.3 Å². The van der Waals surface area contributed by atoms with Gasteiger partial charge in [-0.15, -0.1) is 5.10 Å². The standard InChI is InChI=1S/C32H35N7O2/c1-24-8-5-11-28(20-24)34-32(41)26-10-6-9-25(21-26)12-15-31(40)35-30-14-13-27(22-33-30)29-23-39(37-36-29)19-7-18-38-16-3-2-4-17-38/h5-6,8-15,20-23H,2-4,7,16-19H2,1H3,(H,34,41)(H,33,35,40)/b15-12+. The number of pyridine rings is 1. The summed E-state index contributed by atoms with van der Waals surface area (Å²) in [5.74, 6) is -0.0970. The number of amides is 2. The average Bonchev–Trinajstić information content (AvgIpc) is 3.46. The zero-order valence-electron chi connectivity index (χ0n) is 23.3. The summed E-state index contributed by atoms with van der Waals surface area (Å²) in [6.07, 6.45) is 11.7. The van der Waals surface area contributed by atoms with E-state index in [1.165, 1.54) is 38.4 Å². The Morgan fingerprint density at radius 1 is 0.951 bits per heavy atom. The van der Waals surface area contributed by atoms with Gasteiger partial charge < -0.3 is 15.5 Å². The van der Waals surface area contributed by atoms with Crippen LogP contribution in [-0.2, 0) is 11.3 Å². The third-order valence-electron chi connectivity index (χ3n) is 7.01. The number of hydrogen-bond donors (Lipinski definition) is 2. The molecule has 2 N–H and O–H groups in total. The van der Waals surface area contributed by atoms with Crippen LogP contribution in [0.3, 0.4) is 0 Å². The van der Waals surface area contributed by atoms with Crippen LogP contribution in [0.15, 0.2) is 79.1 Å². The molecule has 210 valence electrons. The highest BCUT2D eigenvalue weighted by Gasteiger charge is 2.11. The second-order valence-electron chi connectivity index (χ2n) is 10.3. The number of carbonyl (C=O) groups is 2. The van der Waals surface area contributed by atoms with Crippen LogP contribution >= 0.6 is 0 Å². The summed E-state index contributed by atoms with van der Waals surface area (Å²) in [7, 11) is 0. The monoisotopic (exact) mass is 549 g/mol. The van der Waals surface area contributed by atoms with Crippen LogP contribution in [-0.4, -0.2) is 56.3 Å². The van der Waals surface area contributed by atoms with Crippen LogP contribution in [0.4, 0.5) is 11.5 Å². The van der Waals surface area contributed by atoms with Gasteiger partial charge in [-0.2, -0.15) is 0 Å². The minimum atomic E-state index is -0.320. The van der Waals surface area contributed by atoms with Crippen LogP contribution in [0.5, 0.6) is 0 Å². The Hall–Kier alpha value is -4.63. The second kappa shape index (κ2) is 13.6. The number of likely N-dealkylation sites (tertiary alicyclic amines) is 1. The molecule has 1 aliphatic heterocycles. The number of hydrogen-bond acceptors (Lipinski definition) is 6. The molecule has 0 spiro atoms. The number of nitrogens with one attached hydrogen (secondary N) is 2. The Morgan fingerprint density at radius 3 is 2.61 bits per heavy atom. The van der Waals surface area contributed by atoms with Crippen molar-refractivity contribution in [3.63, 3.8) is 0 Å². The predicted molar refractivity (Wildman–Crippen MR) is 161 cm³/mol. The molecule has 41 heavy (non-hydrogen) atoms. The fourth-order valence-corrected chi connectivity index (χ4v) is 4.85. The molecule has 2 amide bonds. The predicted octanol–water partition coefficient (Wildman–Crippen LogP) is 5.43. The smallest absolute Gasteiger partial charge is 0.255 e. The lowest BCUT2D eigenvalue weighted by molar-refractivity contribution is -0.111. The second-order valence-corrected chi connectivity index (χ2v) is 10.3. The lowest BCUT2D eigenvalue weighted by Crippen LogP contribution is -2.31. The van der Waals surface area contributed by atoms with Crippen LogP contribution in [0.25, 0.3) is 17.3 Å². The fraction of sp³-hybridized carbons (Fsp3) is 0.281. The Bertz CT molecular complexity index is 1500. The van der Waals surface area contributed by atoms with E-state index in [0.29, 0.717) is 11.4 Å². The van der Waals surface area contributed by atoms with Gasteiger partial charge in [-0.25, -0.2) is 4.98 Å². The van der Waals surface area contributed by atoms with Crippen LogP contribution in [0.2, 0.25) is 0 Å². The Kier molecular flexibility index (Phi) is 9.28. The van der Waals surface area contributed by atoms with Gasteiger partial charge in [0, 0.05) is 35.6 Å². The summed E-state index contributed by atoms with van der Waals surface area (Å²) in [5, 5.41) is 14.2. The maximum absolute atomic E-state index is 12.7. The highest BCUT2D eigenvalue weighted by Crippen LogP contribution is 2.18. The Balaban J connectivity index is 1.11. The molecule has 1 fully saturated rings. The van der Waals surface area contributed by atoms with Crippen molar-refractivity contribution in [3.8, 4) is 11.3 Å². The highest BCUT2D eigenvalue weighted by molar-refractivity contribution is 6.05. The minimum absolute atomic E-state index is 0.211. The van der Waals surface area contributed by atoms with Crippen molar-refractivity contribution < 1.29 is 9.59 Å². The average molecular weight is 550 g/mol. The third kappa shape index (κ3) is 8.18. The Labute approximate surface area is 240 Å². The topological polar surface area (TPSA) is 105 Å². The first kappa shape index (κ1) is 27.9. The number of rotatable bonds is 10. The van der Waals surface area contributed by atoms with Crippen molar-refractivity contribution in [2.45, 2.75) is 39.2 Å². The number of nitrogens with zero attached hydrogens (tertiary/aromatic N) is 5. The summed E-state index contributed by atoms with van der Waals surface area (Å²) < 4.78 is 1.88. The molecule has 5 rings (SSSR count). The Morgan fingerprint density at radius 2 is 1.80 bits per heavy atom. The highest BCUT2D eigenvalue weighted by atomic mass is 16.2. The number of benzene rings is 2. The summed E-state index contributed by atoms with van der Waals surface area (Å²) in [6.45, 7) is 6.30. The van der Waals surface area contributed by atoms with E-state index in [0.717, 1.165) is 47.6 Å². The van der Waals surface area contributed by atoms with E-state index in [2.05, 4.69) is 30.8 Å². The molecule has 2 aromatic heterocycles. The molecule has 0 unspecified atom stereocenters. The summed E-state index contributed by atoms with van der Waals surface area (Å²) in [5.41, 5.74) is 4.63. The summed E-state index contributed by atoms with van der Waals surface area (Å²) in [6, 6.07) is 18.3. The van der Waals surface area contributed by atoms with Crippen LogP contribution < -0.4 is 10.6 Å². The fourth-order valence-electron chi connectivity index (χ4n) is 4.85. The van der Waals surface area contributed by atoms with E-state index in [1.807, 2.05) is 54.2 Å². The van der Waals surface area contributed by atoms with Crippen molar-refractivity contribution in [1.82, 2.24) is 24.9 Å². The van der Waals surface area contributed by atoms with E-state index in [9.17, 15) is 9.59 Å². The lowest BCUT2D eigenvalue weighted by atomic mass is 10.1. The first-order valence-electron chi connectivity index (χ1n) is 14.1. The van der Waals surface area contributed by atoms with Crippen molar-refractivity contribution in [1.29, 1.82) is 0 Å². The number of aryl methyl sites for hydroxylation is 2. The minimum Gasteiger partial charge on any atom is -0.322 e. The van der Waals surface area contributed by atoms with Gasteiger partial charge in [0.05, 0.1) is 6.20 Å². The van der Waals surface area contributed by atoms with Gasteiger partial charge in [0.15, 0.2) is 0 Å². The van der Waals surface area contributed by atoms with Gasteiger partial charge in [-0.1, -0.05) is 35.9 Å². The molecular weight excluding hydrogens is 514 g/mol. The largest absolute Gasteiger partial charge is 0.322 e. The summed E-state index contributed by atoms with van der Waals surface area (Å²) >= 11 is 0. The van der Waals surface area contributed by atoms with Crippen molar-refractivity contribution >= 4 is 29.4 Å². The van der Waals surface area contributed by atoms with Crippen LogP contribution in [0, 0.1) is 6.92 Å². The zero-order valence-corrected chi connectivity index (χ0v) is 23.3. The number of piperidine rings is 1. The molecule has 3 heterocycles. The number of anilines is 2. The molecule has 0 aliphatic carbocycles. The van der Waals surface area contributed by atoms with E-state index in [1.54, 1.807) is 36.5 Å². The van der Waals surface area contributed by atoms with Crippen molar-refractivity contribution in [3.05, 3.63) is 95.8 Å². The lowest BCUT2D eigenvalue weighted by Gasteiger charge is -2.26. The van der Waals surface area contributed by atoms with Gasteiger partial charge in [-0.05, 0) is 99.4 Å². The first-order valence-corrected chi connectivity index (χ1v) is 14.1. The molecule has 0 atom stereocenters. The van der Waals surface area contributed by atoms with Gasteiger partial charge in [-0.3, -0.25) is 14.3 Å². The molecule has 1 aliphatic rings. The maximum Gasteiger partial charge on any atom is 0.255 e. The van der Waals surface area contributed by atoms with E-state index < -0.39 is 0 Å². The van der Waals surface area contributed by atoms with Gasteiger partial charge in [0.25, 0.3) is 5.91 Å². The summed E-state index contributed by atoms with van der Waals surface area (Å²) in [4.78, 5) is 32.1. The third-order valence-corrected chi connectivity index (χ3v) is 7.01. The zero-order chi connectivity index (χ0) is 28.4. The van der Waals surface area contributed by atoms with Crippen molar-refractivity contribution in [2.24, 2.45) is 0 Å². The number of carbonyl (C=O) groups excluding carboxylic acids is 2. The van der Waals surface area contributed by atoms with Gasteiger partial charge in [0.2, 0.25) is 5.91 Å². The molecule has 1 saturated heterocycles. The molecule has 0 radical (unpaired) electrons. The molecule has 2 aromatic carbocycles. The first-order chi connectivity index (χ1) is 20.0. The maximum atomic E-state index is 12.7. The molecule has 0 bridgehead atoms. The molecule has 9 nitrogen and oxygen atoms in total. The van der Waals surface area contributed by atoms with Gasteiger partial charge >= 0.3 is 0 Å². The molecule has 0 saturated carbocycles. The quantitative estimate of drug-likeness (QED) is 0.256. The number of aromatic nitrogens is 4. The molecule has 9 heteroatoms. The molecule has 4 aromatic rings.